The number of nitrogens with two attached hydrogens (primary N) is 1. The molecule has 5 heteroatoms. The average molecular weight is 348 g/mol. The highest BCUT2D eigenvalue weighted by molar-refractivity contribution is 9.10. The first-order valence-electron chi connectivity index (χ1n) is 6.38. The lowest BCUT2D eigenvalue weighted by molar-refractivity contribution is 0.0681. The number of benzene rings is 1. The number of likely N-dealkylation sites (tertiary alicyclic amines) is 1. The molecule has 19 heavy (non-hydrogen) atoms. The first kappa shape index (κ1) is 16.5. The molecule has 1 aliphatic rings. The Balaban J connectivity index is 0.00000180. The fraction of sp³-hybridized carbons (Fsp3) is 0.500. The summed E-state index contributed by atoms with van der Waals surface area (Å²) in [6.45, 7) is 3.69. The van der Waals surface area contributed by atoms with Gasteiger partial charge in [-0.3, -0.25) is 4.79 Å². The highest BCUT2D eigenvalue weighted by Gasteiger charge is 2.25. The van der Waals surface area contributed by atoms with Gasteiger partial charge in [0.1, 0.15) is 0 Å². The first-order chi connectivity index (χ1) is 8.58. The van der Waals surface area contributed by atoms with Crippen LogP contribution in [-0.4, -0.2) is 29.9 Å². The second kappa shape index (κ2) is 7.27. The van der Waals surface area contributed by atoms with E-state index in [1.54, 1.807) is 0 Å². The zero-order valence-electron chi connectivity index (χ0n) is 11.0. The molecule has 0 radical (unpaired) electrons. The predicted molar refractivity (Wildman–Crippen MR) is 83.7 cm³/mol. The van der Waals surface area contributed by atoms with Gasteiger partial charge in [0.2, 0.25) is 0 Å². The number of amides is 1. The highest BCUT2D eigenvalue weighted by Crippen LogP contribution is 2.21. The van der Waals surface area contributed by atoms with E-state index in [0.717, 1.165) is 36.0 Å². The molecule has 0 aromatic heterocycles. The van der Waals surface area contributed by atoms with Gasteiger partial charge in [-0.15, -0.1) is 12.4 Å². The van der Waals surface area contributed by atoms with Crippen LogP contribution < -0.4 is 5.73 Å². The van der Waals surface area contributed by atoms with Gasteiger partial charge in [-0.1, -0.05) is 15.9 Å². The Morgan fingerprint density at radius 2 is 1.84 bits per heavy atom. The van der Waals surface area contributed by atoms with Gasteiger partial charge in [0, 0.05) is 29.2 Å². The Hall–Kier alpha value is -0.580. The van der Waals surface area contributed by atoms with Crippen molar-refractivity contribution in [1.82, 2.24) is 4.90 Å². The van der Waals surface area contributed by atoms with E-state index < -0.39 is 0 Å². The molecule has 106 valence electrons. The fourth-order valence-electron chi connectivity index (χ4n) is 2.40. The maximum atomic E-state index is 12.3. The summed E-state index contributed by atoms with van der Waals surface area (Å²) in [6, 6.07) is 7.77. The average Bonchev–Trinajstić information content (AvgIpc) is 2.39. The Morgan fingerprint density at radius 1 is 1.32 bits per heavy atom. The zero-order chi connectivity index (χ0) is 13.1. The number of carbonyl (C=O) groups excluding carboxylic acids is 1. The molecule has 1 saturated heterocycles. The second-order valence-corrected chi connectivity index (χ2v) is 5.91. The summed E-state index contributed by atoms with van der Waals surface area (Å²) in [5.74, 6) is 0.685. The van der Waals surface area contributed by atoms with Gasteiger partial charge >= 0.3 is 0 Å². The molecule has 3 nitrogen and oxygen atoms in total. The SMILES string of the molecule is CC(N)C1CCN(C(=O)c2ccc(Br)cc2)CC1.Cl. The molecule has 0 saturated carbocycles. The van der Waals surface area contributed by atoms with Gasteiger partial charge in [0.15, 0.2) is 0 Å². The summed E-state index contributed by atoms with van der Waals surface area (Å²) in [6.07, 6.45) is 2.03. The Labute approximate surface area is 129 Å². The van der Waals surface area contributed by atoms with E-state index in [1.165, 1.54) is 0 Å². The van der Waals surface area contributed by atoms with Crippen LogP contribution in [0.1, 0.15) is 30.1 Å². The fourth-order valence-corrected chi connectivity index (χ4v) is 2.67. The smallest absolute Gasteiger partial charge is 0.253 e. The molecule has 1 atom stereocenters. The minimum Gasteiger partial charge on any atom is -0.339 e. The molecular formula is C14H20BrClN2O. The van der Waals surface area contributed by atoms with Crippen molar-refractivity contribution in [3.05, 3.63) is 34.3 Å². The third kappa shape index (κ3) is 4.20. The van der Waals surface area contributed by atoms with E-state index in [9.17, 15) is 4.79 Å². The van der Waals surface area contributed by atoms with Crippen LogP contribution in [0.15, 0.2) is 28.7 Å². The second-order valence-electron chi connectivity index (χ2n) is 5.00. The molecule has 1 aromatic carbocycles. The summed E-state index contributed by atoms with van der Waals surface area (Å²) in [4.78, 5) is 14.2. The van der Waals surface area contributed by atoms with Crippen molar-refractivity contribution < 1.29 is 4.79 Å². The normalized spacial score (nSPS) is 17.7. The Bertz CT molecular complexity index is 414. The summed E-state index contributed by atoms with van der Waals surface area (Å²) in [5.41, 5.74) is 6.67. The monoisotopic (exact) mass is 346 g/mol. The summed E-state index contributed by atoms with van der Waals surface area (Å²) < 4.78 is 0.995. The van der Waals surface area contributed by atoms with Crippen LogP contribution in [0.3, 0.4) is 0 Å². The largest absolute Gasteiger partial charge is 0.339 e. The van der Waals surface area contributed by atoms with E-state index in [2.05, 4.69) is 22.9 Å². The van der Waals surface area contributed by atoms with E-state index in [4.69, 9.17) is 5.73 Å². The maximum absolute atomic E-state index is 12.3. The lowest BCUT2D eigenvalue weighted by atomic mass is 9.90. The molecule has 1 aliphatic heterocycles. The van der Waals surface area contributed by atoms with Gasteiger partial charge in [-0.2, -0.15) is 0 Å². The first-order valence-corrected chi connectivity index (χ1v) is 7.17. The molecule has 2 N–H and O–H groups in total. The standard InChI is InChI=1S/C14H19BrN2O.ClH/c1-10(16)11-6-8-17(9-7-11)14(18)12-2-4-13(15)5-3-12;/h2-5,10-11H,6-9,16H2,1H3;1H. The molecule has 1 amide bonds. The van der Waals surface area contributed by atoms with Crippen LogP contribution in [0.4, 0.5) is 0 Å². The van der Waals surface area contributed by atoms with E-state index >= 15 is 0 Å². The van der Waals surface area contributed by atoms with Crippen LogP contribution in [0.2, 0.25) is 0 Å². The van der Waals surface area contributed by atoms with Crippen LogP contribution in [0.5, 0.6) is 0 Å². The number of piperidine rings is 1. The Kier molecular flexibility index (Phi) is 6.30. The van der Waals surface area contributed by atoms with Crippen LogP contribution in [0, 0.1) is 5.92 Å². The number of carbonyl (C=O) groups is 1. The molecule has 1 heterocycles. The van der Waals surface area contributed by atoms with Gasteiger partial charge in [-0.25, -0.2) is 0 Å². The zero-order valence-corrected chi connectivity index (χ0v) is 13.4. The Morgan fingerprint density at radius 3 is 2.32 bits per heavy atom. The van der Waals surface area contributed by atoms with Crippen molar-refractivity contribution in [3.63, 3.8) is 0 Å². The van der Waals surface area contributed by atoms with Crippen molar-refractivity contribution in [2.45, 2.75) is 25.8 Å². The molecule has 0 bridgehead atoms. The van der Waals surface area contributed by atoms with Gasteiger partial charge < -0.3 is 10.6 Å². The summed E-state index contributed by atoms with van der Waals surface area (Å²) in [5, 5.41) is 0. The predicted octanol–water partition coefficient (Wildman–Crippen LogP) is 3.07. The van der Waals surface area contributed by atoms with Crippen molar-refractivity contribution >= 4 is 34.2 Å². The molecule has 0 spiro atoms. The van der Waals surface area contributed by atoms with Crippen LogP contribution >= 0.6 is 28.3 Å². The van der Waals surface area contributed by atoms with E-state index in [-0.39, 0.29) is 24.4 Å². The number of halogens is 2. The summed E-state index contributed by atoms with van der Waals surface area (Å²) >= 11 is 3.38. The maximum Gasteiger partial charge on any atom is 0.253 e. The topological polar surface area (TPSA) is 46.3 Å². The molecule has 2 rings (SSSR count). The lowest BCUT2D eigenvalue weighted by Gasteiger charge is -2.33. The third-order valence-corrected chi connectivity index (χ3v) is 4.19. The van der Waals surface area contributed by atoms with Crippen LogP contribution in [-0.2, 0) is 0 Å². The molecule has 0 aliphatic carbocycles. The summed E-state index contributed by atoms with van der Waals surface area (Å²) in [7, 11) is 0. The van der Waals surface area contributed by atoms with Gasteiger partial charge in [-0.05, 0) is 49.9 Å². The van der Waals surface area contributed by atoms with Crippen molar-refractivity contribution in [2.75, 3.05) is 13.1 Å². The number of rotatable bonds is 2. The quantitative estimate of drug-likeness (QED) is 0.893. The molecule has 1 unspecified atom stereocenters. The van der Waals surface area contributed by atoms with Gasteiger partial charge in [0.25, 0.3) is 5.91 Å². The van der Waals surface area contributed by atoms with Crippen molar-refractivity contribution in [1.29, 1.82) is 0 Å². The highest BCUT2D eigenvalue weighted by atomic mass is 79.9. The van der Waals surface area contributed by atoms with E-state index in [1.807, 2.05) is 29.2 Å². The number of hydrogen-bond acceptors (Lipinski definition) is 2. The molecular weight excluding hydrogens is 328 g/mol. The lowest BCUT2D eigenvalue weighted by Crippen LogP contribution is -2.42. The third-order valence-electron chi connectivity index (χ3n) is 3.66. The number of nitrogens with zero attached hydrogens (tertiary/aromatic N) is 1. The van der Waals surface area contributed by atoms with Crippen molar-refractivity contribution in [2.24, 2.45) is 11.7 Å². The van der Waals surface area contributed by atoms with E-state index in [0.29, 0.717) is 5.92 Å². The molecule has 1 fully saturated rings. The minimum absolute atomic E-state index is 0. The van der Waals surface area contributed by atoms with Crippen LogP contribution in [0.25, 0.3) is 0 Å². The van der Waals surface area contributed by atoms with Gasteiger partial charge in [0.05, 0.1) is 0 Å². The molecule has 1 aromatic rings. The number of hydrogen-bond donors (Lipinski definition) is 1. The minimum atomic E-state index is 0. The van der Waals surface area contributed by atoms with Crippen molar-refractivity contribution in [3.8, 4) is 0 Å².